The SMILES string of the molecule is C[C@@H]1O[C@H](O)[C@H](OCc2ccccc2)[C@@H](OCc2ccccc2)[C@H]1O. The van der Waals surface area contributed by atoms with E-state index in [1.165, 1.54) is 0 Å². The molecular formula is C20H24O5. The molecule has 5 atom stereocenters. The van der Waals surface area contributed by atoms with Gasteiger partial charge in [-0.3, -0.25) is 0 Å². The molecule has 0 saturated carbocycles. The van der Waals surface area contributed by atoms with Crippen LogP contribution in [0.15, 0.2) is 60.7 Å². The van der Waals surface area contributed by atoms with Crippen molar-refractivity contribution in [2.24, 2.45) is 0 Å². The van der Waals surface area contributed by atoms with Gasteiger partial charge in [0.1, 0.15) is 18.3 Å². The molecular weight excluding hydrogens is 320 g/mol. The molecule has 2 N–H and O–H groups in total. The van der Waals surface area contributed by atoms with Gasteiger partial charge < -0.3 is 24.4 Å². The molecule has 0 unspecified atom stereocenters. The molecule has 1 heterocycles. The van der Waals surface area contributed by atoms with Gasteiger partial charge in [0, 0.05) is 0 Å². The van der Waals surface area contributed by atoms with Gasteiger partial charge in [0.15, 0.2) is 6.29 Å². The van der Waals surface area contributed by atoms with E-state index >= 15 is 0 Å². The zero-order valence-corrected chi connectivity index (χ0v) is 14.2. The molecule has 1 aliphatic rings. The average Bonchev–Trinajstić information content (AvgIpc) is 2.64. The first-order valence-corrected chi connectivity index (χ1v) is 8.48. The highest BCUT2D eigenvalue weighted by molar-refractivity contribution is 5.14. The van der Waals surface area contributed by atoms with Crippen molar-refractivity contribution in [1.82, 2.24) is 0 Å². The lowest BCUT2D eigenvalue weighted by Crippen LogP contribution is -2.58. The van der Waals surface area contributed by atoms with Crippen LogP contribution in [0.4, 0.5) is 0 Å². The predicted molar refractivity (Wildman–Crippen MR) is 92.6 cm³/mol. The summed E-state index contributed by atoms with van der Waals surface area (Å²) in [6, 6.07) is 19.4. The lowest BCUT2D eigenvalue weighted by Gasteiger charge is -2.41. The van der Waals surface area contributed by atoms with E-state index in [1.54, 1.807) is 6.92 Å². The quantitative estimate of drug-likeness (QED) is 0.841. The Morgan fingerprint density at radius 1 is 0.800 bits per heavy atom. The van der Waals surface area contributed by atoms with E-state index in [0.717, 1.165) is 11.1 Å². The minimum atomic E-state index is -1.15. The fourth-order valence-electron chi connectivity index (χ4n) is 2.91. The second-order valence-electron chi connectivity index (χ2n) is 6.24. The van der Waals surface area contributed by atoms with Crippen LogP contribution < -0.4 is 0 Å². The summed E-state index contributed by atoms with van der Waals surface area (Å²) in [7, 11) is 0. The first-order valence-electron chi connectivity index (χ1n) is 8.48. The van der Waals surface area contributed by atoms with E-state index < -0.39 is 30.7 Å². The Labute approximate surface area is 147 Å². The van der Waals surface area contributed by atoms with Gasteiger partial charge in [-0.05, 0) is 18.1 Å². The van der Waals surface area contributed by atoms with E-state index in [2.05, 4.69) is 0 Å². The monoisotopic (exact) mass is 344 g/mol. The summed E-state index contributed by atoms with van der Waals surface area (Å²) >= 11 is 0. The highest BCUT2D eigenvalue weighted by Gasteiger charge is 2.44. The van der Waals surface area contributed by atoms with Crippen LogP contribution in [0.25, 0.3) is 0 Å². The van der Waals surface area contributed by atoms with E-state index in [9.17, 15) is 10.2 Å². The fraction of sp³-hybridized carbons (Fsp3) is 0.400. The van der Waals surface area contributed by atoms with Crippen molar-refractivity contribution in [3.8, 4) is 0 Å². The number of hydrogen-bond acceptors (Lipinski definition) is 5. The van der Waals surface area contributed by atoms with Crippen LogP contribution in [-0.2, 0) is 27.4 Å². The van der Waals surface area contributed by atoms with Gasteiger partial charge in [-0.1, -0.05) is 60.7 Å². The van der Waals surface area contributed by atoms with Crippen molar-refractivity contribution in [3.05, 3.63) is 71.8 Å². The molecule has 3 rings (SSSR count). The maximum absolute atomic E-state index is 10.5. The van der Waals surface area contributed by atoms with Gasteiger partial charge in [-0.15, -0.1) is 0 Å². The molecule has 134 valence electrons. The largest absolute Gasteiger partial charge is 0.388 e. The molecule has 0 radical (unpaired) electrons. The van der Waals surface area contributed by atoms with Crippen molar-refractivity contribution in [1.29, 1.82) is 0 Å². The van der Waals surface area contributed by atoms with Crippen LogP contribution in [0.5, 0.6) is 0 Å². The van der Waals surface area contributed by atoms with Crippen molar-refractivity contribution in [2.45, 2.75) is 50.8 Å². The molecule has 5 heteroatoms. The lowest BCUT2D eigenvalue weighted by atomic mass is 9.99. The summed E-state index contributed by atoms with van der Waals surface area (Å²) in [4.78, 5) is 0. The van der Waals surface area contributed by atoms with Crippen LogP contribution in [0.1, 0.15) is 18.1 Å². The van der Waals surface area contributed by atoms with Gasteiger partial charge in [-0.2, -0.15) is 0 Å². The summed E-state index contributed by atoms with van der Waals surface area (Å²) in [5.74, 6) is 0. The number of rotatable bonds is 6. The molecule has 2 aromatic rings. The Morgan fingerprint density at radius 2 is 1.28 bits per heavy atom. The number of ether oxygens (including phenoxy) is 3. The maximum Gasteiger partial charge on any atom is 0.184 e. The summed E-state index contributed by atoms with van der Waals surface area (Å²) in [5, 5.41) is 20.7. The van der Waals surface area contributed by atoms with Crippen LogP contribution in [0, 0.1) is 0 Å². The number of benzene rings is 2. The van der Waals surface area contributed by atoms with Gasteiger partial charge >= 0.3 is 0 Å². The molecule has 2 aromatic carbocycles. The topological polar surface area (TPSA) is 68.2 Å². The van der Waals surface area contributed by atoms with Crippen molar-refractivity contribution in [3.63, 3.8) is 0 Å². The Morgan fingerprint density at radius 3 is 1.80 bits per heavy atom. The molecule has 1 fully saturated rings. The molecule has 0 spiro atoms. The van der Waals surface area contributed by atoms with Crippen LogP contribution >= 0.6 is 0 Å². The third-order valence-electron chi connectivity index (χ3n) is 4.35. The summed E-state index contributed by atoms with van der Waals surface area (Å²) in [5.41, 5.74) is 1.97. The summed E-state index contributed by atoms with van der Waals surface area (Å²) < 4.78 is 17.1. The first kappa shape index (κ1) is 18.0. The molecule has 25 heavy (non-hydrogen) atoms. The molecule has 0 bridgehead atoms. The molecule has 5 nitrogen and oxygen atoms in total. The normalized spacial score (nSPS) is 29.5. The van der Waals surface area contributed by atoms with Crippen molar-refractivity contribution in [2.75, 3.05) is 0 Å². The third-order valence-corrected chi connectivity index (χ3v) is 4.35. The van der Waals surface area contributed by atoms with E-state index in [4.69, 9.17) is 14.2 Å². The minimum Gasteiger partial charge on any atom is -0.388 e. The van der Waals surface area contributed by atoms with Crippen molar-refractivity contribution >= 4 is 0 Å². The highest BCUT2D eigenvalue weighted by atomic mass is 16.7. The molecule has 1 aliphatic heterocycles. The lowest BCUT2D eigenvalue weighted by molar-refractivity contribution is -0.300. The Hall–Kier alpha value is -1.76. The second kappa shape index (κ2) is 8.56. The number of aliphatic hydroxyl groups excluding tert-OH is 2. The number of aliphatic hydroxyl groups is 2. The molecule has 0 aliphatic carbocycles. The molecule has 0 aromatic heterocycles. The van der Waals surface area contributed by atoms with E-state index in [0.29, 0.717) is 13.2 Å². The van der Waals surface area contributed by atoms with Crippen molar-refractivity contribution < 1.29 is 24.4 Å². The van der Waals surface area contributed by atoms with Gasteiger partial charge in [0.05, 0.1) is 19.3 Å². The third kappa shape index (κ3) is 4.66. The minimum absolute atomic E-state index is 0.304. The predicted octanol–water partition coefficient (Wildman–Crippen LogP) is 2.26. The Balaban J connectivity index is 1.67. The summed E-state index contributed by atoms with van der Waals surface area (Å²) in [6.07, 6.45) is -4.01. The van der Waals surface area contributed by atoms with Crippen LogP contribution in [0.3, 0.4) is 0 Å². The molecule has 0 amide bonds. The summed E-state index contributed by atoms with van der Waals surface area (Å²) in [6.45, 7) is 2.34. The number of hydrogen-bond donors (Lipinski definition) is 2. The van der Waals surface area contributed by atoms with Crippen LogP contribution in [0.2, 0.25) is 0 Å². The smallest absolute Gasteiger partial charge is 0.184 e. The first-order chi connectivity index (χ1) is 12.1. The average molecular weight is 344 g/mol. The Kier molecular flexibility index (Phi) is 6.18. The molecule has 1 saturated heterocycles. The van der Waals surface area contributed by atoms with E-state index in [-0.39, 0.29) is 0 Å². The maximum atomic E-state index is 10.5. The van der Waals surface area contributed by atoms with Gasteiger partial charge in [0.2, 0.25) is 0 Å². The highest BCUT2D eigenvalue weighted by Crippen LogP contribution is 2.26. The van der Waals surface area contributed by atoms with Crippen LogP contribution in [-0.4, -0.2) is 40.9 Å². The zero-order chi connectivity index (χ0) is 17.6. The zero-order valence-electron chi connectivity index (χ0n) is 14.2. The second-order valence-corrected chi connectivity index (χ2v) is 6.24. The fourth-order valence-corrected chi connectivity index (χ4v) is 2.91. The Bertz CT molecular complexity index is 633. The van der Waals surface area contributed by atoms with Gasteiger partial charge in [-0.25, -0.2) is 0 Å². The van der Waals surface area contributed by atoms with Gasteiger partial charge in [0.25, 0.3) is 0 Å². The standard InChI is InChI=1S/C20H24O5/c1-14-17(21)18(23-12-15-8-4-2-5-9-15)19(20(22)25-14)24-13-16-10-6-3-7-11-16/h2-11,14,17-22H,12-13H2,1H3/t14-,17-,18-,19+,20-/m0/s1. The van der Waals surface area contributed by atoms with E-state index in [1.807, 2.05) is 60.7 Å².